The second-order valence-corrected chi connectivity index (χ2v) is 6.89. The van der Waals surface area contributed by atoms with Crippen molar-refractivity contribution in [2.75, 3.05) is 13.1 Å². The van der Waals surface area contributed by atoms with Gasteiger partial charge in [-0.25, -0.2) is 0 Å². The highest BCUT2D eigenvalue weighted by molar-refractivity contribution is 5.94. The van der Waals surface area contributed by atoms with E-state index < -0.39 is 0 Å². The third kappa shape index (κ3) is 2.67. The molecule has 0 radical (unpaired) electrons. The minimum absolute atomic E-state index is 0.179. The minimum Gasteiger partial charge on any atom is -0.338 e. The number of fused-ring (bicyclic) bond motifs is 1. The van der Waals surface area contributed by atoms with Gasteiger partial charge in [0.1, 0.15) is 0 Å². The largest absolute Gasteiger partial charge is 0.338 e. The number of aromatic amines is 1. The first-order valence-electron chi connectivity index (χ1n) is 8.63. The third-order valence-corrected chi connectivity index (χ3v) is 5.35. The van der Waals surface area contributed by atoms with Crippen LogP contribution in [0.5, 0.6) is 0 Å². The molecule has 2 heterocycles. The van der Waals surface area contributed by atoms with Crippen LogP contribution in [0.1, 0.15) is 57.9 Å². The van der Waals surface area contributed by atoms with E-state index in [1.165, 1.54) is 35.2 Å². The van der Waals surface area contributed by atoms with E-state index in [0.29, 0.717) is 5.92 Å². The molecular formula is C19H23N3O. The van der Waals surface area contributed by atoms with Gasteiger partial charge < -0.3 is 4.90 Å². The summed E-state index contributed by atoms with van der Waals surface area (Å²) in [4.78, 5) is 14.8. The van der Waals surface area contributed by atoms with Crippen molar-refractivity contribution in [2.45, 2.75) is 44.9 Å². The first kappa shape index (κ1) is 14.5. The lowest BCUT2D eigenvalue weighted by atomic mass is 9.90. The van der Waals surface area contributed by atoms with Gasteiger partial charge in [-0.05, 0) is 67.9 Å². The number of aromatic nitrogens is 2. The molecule has 120 valence electrons. The van der Waals surface area contributed by atoms with Crippen molar-refractivity contribution in [3.05, 3.63) is 52.3 Å². The van der Waals surface area contributed by atoms with E-state index in [1.54, 1.807) is 0 Å². The van der Waals surface area contributed by atoms with Gasteiger partial charge in [-0.3, -0.25) is 9.89 Å². The van der Waals surface area contributed by atoms with Gasteiger partial charge in [-0.15, -0.1) is 0 Å². The molecule has 2 aliphatic rings. The smallest absolute Gasteiger partial charge is 0.253 e. The molecule has 2 aromatic rings. The van der Waals surface area contributed by atoms with Crippen LogP contribution in [0.15, 0.2) is 24.4 Å². The van der Waals surface area contributed by atoms with Crippen LogP contribution in [0.4, 0.5) is 0 Å². The maximum atomic E-state index is 12.8. The molecule has 1 amide bonds. The number of benzene rings is 1. The van der Waals surface area contributed by atoms with Crippen LogP contribution in [-0.2, 0) is 12.8 Å². The van der Waals surface area contributed by atoms with Gasteiger partial charge in [0.2, 0.25) is 0 Å². The van der Waals surface area contributed by atoms with Crippen molar-refractivity contribution >= 4 is 5.91 Å². The Balaban J connectivity index is 1.51. The highest BCUT2D eigenvalue weighted by atomic mass is 16.2. The minimum atomic E-state index is 0.179. The monoisotopic (exact) mass is 309 g/mol. The fraction of sp³-hybridized carbons (Fsp3) is 0.474. The number of hydrogen-bond acceptors (Lipinski definition) is 2. The molecule has 4 nitrogen and oxygen atoms in total. The molecule has 0 saturated carbocycles. The summed E-state index contributed by atoms with van der Waals surface area (Å²) in [7, 11) is 0. The van der Waals surface area contributed by atoms with Crippen molar-refractivity contribution in [2.24, 2.45) is 0 Å². The van der Waals surface area contributed by atoms with E-state index in [2.05, 4.69) is 29.3 Å². The van der Waals surface area contributed by atoms with Gasteiger partial charge in [0.25, 0.3) is 5.91 Å². The molecule has 4 rings (SSSR count). The lowest BCUT2D eigenvalue weighted by Crippen LogP contribution is -2.28. The molecule has 1 saturated heterocycles. The van der Waals surface area contributed by atoms with Crippen molar-refractivity contribution in [3.8, 4) is 0 Å². The van der Waals surface area contributed by atoms with Gasteiger partial charge in [-0.1, -0.05) is 6.07 Å². The van der Waals surface area contributed by atoms with Crippen LogP contribution >= 0.6 is 0 Å². The van der Waals surface area contributed by atoms with Gasteiger partial charge in [0.05, 0.1) is 6.20 Å². The summed E-state index contributed by atoms with van der Waals surface area (Å²) in [5, 5.41) is 7.21. The molecule has 1 aromatic carbocycles. The summed E-state index contributed by atoms with van der Waals surface area (Å²) in [5.74, 6) is 0.567. The summed E-state index contributed by atoms with van der Waals surface area (Å²) in [5.41, 5.74) is 6.04. The number of H-pyrrole nitrogens is 1. The van der Waals surface area contributed by atoms with Crippen molar-refractivity contribution in [1.29, 1.82) is 0 Å². The Morgan fingerprint density at radius 3 is 2.87 bits per heavy atom. The molecular weight excluding hydrogens is 286 g/mol. The first-order valence-corrected chi connectivity index (χ1v) is 8.63. The number of aryl methyl sites for hydroxylation is 3. The van der Waals surface area contributed by atoms with Crippen LogP contribution < -0.4 is 0 Å². The van der Waals surface area contributed by atoms with Gasteiger partial charge in [0, 0.05) is 30.3 Å². The second-order valence-electron chi connectivity index (χ2n) is 6.89. The van der Waals surface area contributed by atoms with Crippen molar-refractivity contribution in [3.63, 3.8) is 0 Å². The molecule has 1 aromatic heterocycles. The van der Waals surface area contributed by atoms with Crippen LogP contribution in [-0.4, -0.2) is 34.1 Å². The second kappa shape index (κ2) is 5.84. The summed E-state index contributed by atoms with van der Waals surface area (Å²) in [6, 6.07) is 6.31. The topological polar surface area (TPSA) is 49.0 Å². The molecule has 1 atom stereocenters. The summed E-state index contributed by atoms with van der Waals surface area (Å²) in [6.07, 6.45) is 7.68. The summed E-state index contributed by atoms with van der Waals surface area (Å²) < 4.78 is 0. The normalized spacial score (nSPS) is 20.6. The van der Waals surface area contributed by atoms with Gasteiger partial charge in [-0.2, -0.15) is 5.10 Å². The molecule has 1 fully saturated rings. The fourth-order valence-electron chi connectivity index (χ4n) is 4.00. The van der Waals surface area contributed by atoms with E-state index in [1.807, 2.05) is 17.2 Å². The molecule has 1 aliphatic carbocycles. The molecule has 0 spiro atoms. The van der Waals surface area contributed by atoms with E-state index in [-0.39, 0.29) is 5.91 Å². The number of likely N-dealkylation sites (tertiary alicyclic amines) is 1. The molecule has 23 heavy (non-hydrogen) atoms. The summed E-state index contributed by atoms with van der Waals surface area (Å²) in [6.45, 7) is 3.70. The average molecular weight is 309 g/mol. The van der Waals surface area contributed by atoms with Crippen molar-refractivity contribution in [1.82, 2.24) is 15.1 Å². The van der Waals surface area contributed by atoms with E-state index >= 15 is 0 Å². The van der Waals surface area contributed by atoms with Crippen LogP contribution in [0.25, 0.3) is 0 Å². The van der Waals surface area contributed by atoms with E-state index in [4.69, 9.17) is 0 Å². The van der Waals surface area contributed by atoms with E-state index in [0.717, 1.165) is 37.9 Å². The molecule has 0 unspecified atom stereocenters. The highest BCUT2D eigenvalue weighted by Crippen LogP contribution is 2.29. The maximum Gasteiger partial charge on any atom is 0.253 e. The molecule has 1 N–H and O–H groups in total. The zero-order chi connectivity index (χ0) is 15.8. The Morgan fingerprint density at radius 2 is 2.09 bits per heavy atom. The number of amides is 1. The Labute approximate surface area is 136 Å². The zero-order valence-corrected chi connectivity index (χ0v) is 13.6. The maximum absolute atomic E-state index is 12.8. The zero-order valence-electron chi connectivity index (χ0n) is 13.6. The highest BCUT2D eigenvalue weighted by Gasteiger charge is 2.30. The van der Waals surface area contributed by atoms with Crippen LogP contribution in [0.3, 0.4) is 0 Å². The first-order chi connectivity index (χ1) is 11.2. The summed E-state index contributed by atoms with van der Waals surface area (Å²) >= 11 is 0. The number of carbonyl (C=O) groups is 1. The number of nitrogens with zero attached hydrogens (tertiary/aromatic N) is 2. The lowest BCUT2D eigenvalue weighted by Gasteiger charge is -2.20. The predicted molar refractivity (Wildman–Crippen MR) is 89.7 cm³/mol. The number of hydrogen-bond donors (Lipinski definition) is 1. The Kier molecular flexibility index (Phi) is 3.68. The number of nitrogens with one attached hydrogen (secondary N) is 1. The molecule has 0 bridgehead atoms. The number of rotatable bonds is 2. The van der Waals surface area contributed by atoms with Crippen molar-refractivity contribution < 1.29 is 4.79 Å². The van der Waals surface area contributed by atoms with Gasteiger partial charge >= 0.3 is 0 Å². The Morgan fingerprint density at radius 1 is 1.26 bits per heavy atom. The molecule has 4 heteroatoms. The number of carbonyl (C=O) groups excluding carboxylic acids is 1. The standard InChI is InChI=1S/C19H23N3O/c1-13-11-20-21-18(13)17-8-9-22(12-17)19(23)16-7-6-14-4-2-3-5-15(14)10-16/h6-7,10-11,17H,2-5,8-9,12H2,1H3,(H,20,21)/t17-/m0/s1. The average Bonchev–Trinajstić information content (AvgIpc) is 3.22. The Bertz CT molecular complexity index is 734. The van der Waals surface area contributed by atoms with Crippen LogP contribution in [0, 0.1) is 6.92 Å². The third-order valence-electron chi connectivity index (χ3n) is 5.35. The fourth-order valence-corrected chi connectivity index (χ4v) is 4.00. The van der Waals surface area contributed by atoms with Crippen LogP contribution in [0.2, 0.25) is 0 Å². The lowest BCUT2D eigenvalue weighted by molar-refractivity contribution is 0.0790. The Hall–Kier alpha value is -2.10. The molecule has 1 aliphatic heterocycles. The quantitative estimate of drug-likeness (QED) is 0.926. The predicted octanol–water partition coefficient (Wildman–Crippen LogP) is 3.23. The van der Waals surface area contributed by atoms with Gasteiger partial charge in [0.15, 0.2) is 0 Å². The van der Waals surface area contributed by atoms with E-state index in [9.17, 15) is 4.79 Å². The SMILES string of the molecule is Cc1cn[nH]c1[C@H]1CCN(C(=O)c2ccc3c(c2)CCCC3)C1.